The minimum absolute atomic E-state index is 0.723. The van der Waals surface area contributed by atoms with Crippen LogP contribution in [0.3, 0.4) is 0 Å². The van der Waals surface area contributed by atoms with Crippen LogP contribution in [0.5, 0.6) is 0 Å². The van der Waals surface area contributed by atoms with Crippen molar-refractivity contribution in [3.05, 3.63) is 0 Å². The number of rotatable bonds is 10. The Morgan fingerprint density at radius 2 is 1.35 bits per heavy atom. The molecule has 0 aliphatic heterocycles. The maximum atomic E-state index is 5.06. The van der Waals surface area contributed by atoms with Gasteiger partial charge in [-0.2, -0.15) is 0 Å². The largest absolute Gasteiger partial charge is 0.305 e. The highest BCUT2D eigenvalue weighted by Gasteiger charge is 2.07. The summed E-state index contributed by atoms with van der Waals surface area (Å²) in [4.78, 5) is 4.66. The molecule has 0 aromatic heterocycles. The van der Waals surface area contributed by atoms with E-state index in [0.717, 1.165) is 18.9 Å². The van der Waals surface area contributed by atoms with Crippen LogP contribution in [0.15, 0.2) is 0 Å². The van der Waals surface area contributed by atoms with Crippen LogP contribution < -0.4 is 5.90 Å². The van der Waals surface area contributed by atoms with Crippen molar-refractivity contribution >= 4 is 0 Å². The third kappa shape index (κ3) is 18.5. The quantitative estimate of drug-likeness (QED) is 0.431. The molecule has 0 fully saturated rings. The van der Waals surface area contributed by atoms with Crippen LogP contribution in [0.25, 0.3) is 0 Å². The van der Waals surface area contributed by atoms with E-state index in [-0.39, 0.29) is 0 Å². The monoisotopic (exact) mass is 245 g/mol. The molecule has 1 atom stereocenters. The fourth-order valence-electron chi connectivity index (χ4n) is 1.84. The second-order valence-electron chi connectivity index (χ2n) is 4.87. The van der Waals surface area contributed by atoms with Gasteiger partial charge < -0.3 is 4.84 Å². The van der Waals surface area contributed by atoms with E-state index in [1.165, 1.54) is 51.4 Å². The molecule has 0 aliphatic rings. The van der Waals surface area contributed by atoms with E-state index in [1.807, 2.05) is 0 Å². The zero-order valence-electron chi connectivity index (χ0n) is 12.6. The molecule has 2 N–H and O–H groups in total. The van der Waals surface area contributed by atoms with Crippen LogP contribution in [0.2, 0.25) is 0 Å². The Kier molecular flexibility index (Phi) is 20.7. The molecule has 106 valence electrons. The predicted octanol–water partition coefficient (Wildman–Crippen LogP) is 5.07. The summed E-state index contributed by atoms with van der Waals surface area (Å²) in [6.45, 7) is 9.48. The van der Waals surface area contributed by atoms with Crippen molar-refractivity contribution in [3.8, 4) is 0 Å². The lowest BCUT2D eigenvalue weighted by atomic mass is 9.93. The molecule has 0 bridgehead atoms. The third-order valence-electron chi connectivity index (χ3n) is 2.83. The summed E-state index contributed by atoms with van der Waals surface area (Å²) in [7, 11) is 0. The SMILES string of the molecule is CCC.CCCCCC(CCCC)CCON. The Labute approximate surface area is 109 Å². The van der Waals surface area contributed by atoms with E-state index in [2.05, 4.69) is 32.5 Å². The number of unbranched alkanes of at least 4 members (excludes halogenated alkanes) is 3. The first-order chi connectivity index (χ1) is 8.26. The summed E-state index contributed by atoms with van der Waals surface area (Å²) in [6.07, 6.45) is 11.8. The van der Waals surface area contributed by atoms with E-state index >= 15 is 0 Å². The van der Waals surface area contributed by atoms with E-state index in [1.54, 1.807) is 0 Å². The topological polar surface area (TPSA) is 35.2 Å². The third-order valence-corrected chi connectivity index (χ3v) is 2.83. The van der Waals surface area contributed by atoms with Crippen LogP contribution in [0.4, 0.5) is 0 Å². The molecule has 0 aliphatic carbocycles. The van der Waals surface area contributed by atoms with Crippen LogP contribution in [-0.2, 0) is 4.84 Å². The smallest absolute Gasteiger partial charge is 0.0681 e. The minimum Gasteiger partial charge on any atom is -0.305 e. The lowest BCUT2D eigenvalue weighted by molar-refractivity contribution is 0.119. The van der Waals surface area contributed by atoms with Gasteiger partial charge in [0.05, 0.1) is 6.61 Å². The highest BCUT2D eigenvalue weighted by Crippen LogP contribution is 2.20. The molecule has 0 radical (unpaired) electrons. The van der Waals surface area contributed by atoms with Crippen molar-refractivity contribution in [2.24, 2.45) is 11.8 Å². The van der Waals surface area contributed by atoms with Gasteiger partial charge in [0.1, 0.15) is 0 Å². The highest BCUT2D eigenvalue weighted by atomic mass is 16.6. The Morgan fingerprint density at radius 3 is 1.82 bits per heavy atom. The molecule has 2 heteroatoms. The molecule has 0 saturated carbocycles. The lowest BCUT2D eigenvalue weighted by Gasteiger charge is -2.15. The van der Waals surface area contributed by atoms with Crippen molar-refractivity contribution in [2.45, 2.75) is 85.5 Å². The number of nitrogens with two attached hydrogens (primary N) is 1. The second kappa shape index (κ2) is 18.3. The summed E-state index contributed by atoms with van der Waals surface area (Å²) in [6, 6.07) is 0. The average Bonchev–Trinajstić information content (AvgIpc) is 2.33. The molecule has 0 amide bonds. The summed E-state index contributed by atoms with van der Waals surface area (Å²) < 4.78 is 0. The molecule has 0 rings (SSSR count). The molecule has 0 aromatic rings. The zero-order valence-corrected chi connectivity index (χ0v) is 12.6. The van der Waals surface area contributed by atoms with Gasteiger partial charge in [-0.25, -0.2) is 5.90 Å². The Bertz CT molecular complexity index is 109. The summed E-state index contributed by atoms with van der Waals surface area (Å²) in [5.41, 5.74) is 0. The van der Waals surface area contributed by atoms with Gasteiger partial charge in [-0.05, 0) is 12.3 Å². The van der Waals surface area contributed by atoms with Crippen LogP contribution in [0.1, 0.15) is 85.5 Å². The standard InChI is InChI=1S/C12H27NO.C3H8/c1-3-5-7-9-12(8-6-4-2)10-11-14-13;1-3-2/h12H,3-11,13H2,1-2H3;3H2,1-2H3. The first-order valence-electron chi connectivity index (χ1n) is 7.58. The molecule has 1 unspecified atom stereocenters. The van der Waals surface area contributed by atoms with E-state index < -0.39 is 0 Å². The molecule has 0 heterocycles. The van der Waals surface area contributed by atoms with Gasteiger partial charge in [-0.3, -0.25) is 0 Å². The van der Waals surface area contributed by atoms with Gasteiger partial charge in [0.15, 0.2) is 0 Å². The van der Waals surface area contributed by atoms with Gasteiger partial charge in [-0.1, -0.05) is 79.1 Å². The molecular formula is C15H35NO. The Morgan fingerprint density at radius 1 is 0.824 bits per heavy atom. The minimum atomic E-state index is 0.723. The Balaban J connectivity index is 0. The van der Waals surface area contributed by atoms with Crippen LogP contribution in [-0.4, -0.2) is 6.61 Å². The van der Waals surface area contributed by atoms with E-state index in [9.17, 15) is 0 Å². The average molecular weight is 245 g/mol. The second-order valence-corrected chi connectivity index (χ2v) is 4.87. The molecule has 0 saturated heterocycles. The zero-order chi connectivity index (χ0) is 13.4. The van der Waals surface area contributed by atoms with Gasteiger partial charge >= 0.3 is 0 Å². The van der Waals surface area contributed by atoms with Crippen molar-refractivity contribution in [1.82, 2.24) is 0 Å². The first kappa shape index (κ1) is 19.3. The maximum Gasteiger partial charge on any atom is 0.0681 e. The van der Waals surface area contributed by atoms with E-state index in [4.69, 9.17) is 5.90 Å². The van der Waals surface area contributed by atoms with Gasteiger partial charge in [0.25, 0.3) is 0 Å². The summed E-state index contributed by atoms with van der Waals surface area (Å²) in [5, 5.41) is 0. The highest BCUT2D eigenvalue weighted by molar-refractivity contribution is 4.59. The van der Waals surface area contributed by atoms with Crippen molar-refractivity contribution in [3.63, 3.8) is 0 Å². The first-order valence-corrected chi connectivity index (χ1v) is 7.58. The molecule has 0 spiro atoms. The number of hydrogen-bond donors (Lipinski definition) is 1. The van der Waals surface area contributed by atoms with Crippen molar-refractivity contribution in [1.29, 1.82) is 0 Å². The molecular weight excluding hydrogens is 210 g/mol. The normalized spacial score (nSPS) is 11.8. The van der Waals surface area contributed by atoms with Crippen LogP contribution in [0, 0.1) is 5.92 Å². The van der Waals surface area contributed by atoms with E-state index in [0.29, 0.717) is 0 Å². The van der Waals surface area contributed by atoms with Crippen LogP contribution >= 0.6 is 0 Å². The maximum absolute atomic E-state index is 5.06. The van der Waals surface area contributed by atoms with Crippen molar-refractivity contribution < 1.29 is 4.84 Å². The van der Waals surface area contributed by atoms with Gasteiger partial charge in [0.2, 0.25) is 0 Å². The fourth-order valence-corrected chi connectivity index (χ4v) is 1.84. The molecule has 17 heavy (non-hydrogen) atoms. The van der Waals surface area contributed by atoms with Crippen molar-refractivity contribution in [2.75, 3.05) is 6.61 Å². The van der Waals surface area contributed by atoms with Gasteiger partial charge in [-0.15, -0.1) is 0 Å². The molecule has 2 nitrogen and oxygen atoms in total. The van der Waals surface area contributed by atoms with Gasteiger partial charge in [0, 0.05) is 0 Å². The summed E-state index contributed by atoms with van der Waals surface area (Å²) >= 11 is 0. The lowest BCUT2D eigenvalue weighted by Crippen LogP contribution is -2.08. The summed E-state index contributed by atoms with van der Waals surface area (Å²) in [5.74, 6) is 5.90. The number of hydrogen-bond acceptors (Lipinski definition) is 2. The Hall–Kier alpha value is -0.0800. The fraction of sp³-hybridized carbons (Fsp3) is 1.00. The predicted molar refractivity (Wildman–Crippen MR) is 77.9 cm³/mol. The molecule has 0 aromatic carbocycles.